The lowest BCUT2D eigenvalue weighted by Gasteiger charge is -2.21. The summed E-state index contributed by atoms with van der Waals surface area (Å²) in [4.78, 5) is 4.51. The first kappa shape index (κ1) is 14.1. The molecular weight excluding hydrogens is 258 g/mol. The molecule has 2 rings (SSSR count). The van der Waals surface area contributed by atoms with Crippen LogP contribution >= 0.6 is 11.6 Å². The van der Waals surface area contributed by atoms with Crippen molar-refractivity contribution in [2.45, 2.75) is 33.4 Å². The van der Waals surface area contributed by atoms with Crippen LogP contribution in [0.5, 0.6) is 0 Å². The van der Waals surface area contributed by atoms with E-state index in [1.165, 1.54) is 11.1 Å². The molecule has 102 valence electrons. The van der Waals surface area contributed by atoms with Gasteiger partial charge in [-0.15, -0.1) is 0 Å². The Morgan fingerprint density at radius 1 is 1.37 bits per heavy atom. The molecule has 0 aliphatic rings. The average molecular weight is 278 g/mol. The molecule has 1 unspecified atom stereocenters. The maximum atomic E-state index is 6.14. The summed E-state index contributed by atoms with van der Waals surface area (Å²) < 4.78 is 2.16. The van der Waals surface area contributed by atoms with E-state index in [0.29, 0.717) is 0 Å². The summed E-state index contributed by atoms with van der Waals surface area (Å²) in [7, 11) is 0. The van der Waals surface area contributed by atoms with Gasteiger partial charge in [0.2, 0.25) is 0 Å². The molecule has 0 saturated carbocycles. The number of aryl methyl sites for hydroxylation is 2. The third-order valence-corrected chi connectivity index (χ3v) is 3.54. The Morgan fingerprint density at radius 2 is 2.16 bits per heavy atom. The minimum absolute atomic E-state index is 0.0821. The molecular formula is C15H20ClN3. The molecule has 0 saturated heterocycles. The summed E-state index contributed by atoms with van der Waals surface area (Å²) in [5.41, 5.74) is 2.41. The van der Waals surface area contributed by atoms with Crippen molar-refractivity contribution in [3.63, 3.8) is 0 Å². The Balaban J connectivity index is 2.48. The summed E-state index contributed by atoms with van der Waals surface area (Å²) in [5, 5.41) is 4.26. The summed E-state index contributed by atoms with van der Waals surface area (Å²) in [6.07, 6.45) is 3.86. The smallest absolute Gasteiger partial charge is 0.130 e. The highest BCUT2D eigenvalue weighted by atomic mass is 35.5. The first-order chi connectivity index (χ1) is 9.17. The fourth-order valence-corrected chi connectivity index (χ4v) is 2.50. The first-order valence-corrected chi connectivity index (χ1v) is 7.05. The Morgan fingerprint density at radius 3 is 2.84 bits per heavy atom. The summed E-state index contributed by atoms with van der Waals surface area (Å²) >= 11 is 6.14. The van der Waals surface area contributed by atoms with Crippen LogP contribution in [0.25, 0.3) is 0 Å². The topological polar surface area (TPSA) is 29.9 Å². The SMILES string of the molecule is CCNC(c1cc(Cl)ccc1C)c1nccn1CC. The predicted molar refractivity (Wildman–Crippen MR) is 79.6 cm³/mol. The third kappa shape index (κ3) is 2.99. The molecule has 4 heteroatoms. The van der Waals surface area contributed by atoms with Crippen LogP contribution in [0.15, 0.2) is 30.6 Å². The first-order valence-electron chi connectivity index (χ1n) is 6.67. The van der Waals surface area contributed by atoms with Gasteiger partial charge in [0.05, 0.1) is 6.04 Å². The number of aromatic nitrogens is 2. The van der Waals surface area contributed by atoms with Gasteiger partial charge in [-0.2, -0.15) is 0 Å². The lowest BCUT2D eigenvalue weighted by Crippen LogP contribution is -2.26. The van der Waals surface area contributed by atoms with Gasteiger partial charge < -0.3 is 9.88 Å². The second kappa shape index (κ2) is 6.22. The zero-order chi connectivity index (χ0) is 13.8. The van der Waals surface area contributed by atoms with Crippen LogP contribution in [0.1, 0.15) is 36.8 Å². The van der Waals surface area contributed by atoms with Crippen LogP contribution in [-0.4, -0.2) is 16.1 Å². The molecule has 1 aromatic carbocycles. The number of halogens is 1. The molecule has 0 fully saturated rings. The third-order valence-electron chi connectivity index (χ3n) is 3.31. The zero-order valence-corrected chi connectivity index (χ0v) is 12.4. The standard InChI is InChI=1S/C15H20ClN3/c1-4-17-14(15-18-8-9-19(15)5-2)13-10-12(16)7-6-11(13)3/h6-10,14,17H,4-5H2,1-3H3. The molecule has 0 spiro atoms. The maximum Gasteiger partial charge on any atom is 0.130 e. The van der Waals surface area contributed by atoms with Gasteiger partial charge in [-0.3, -0.25) is 0 Å². The van der Waals surface area contributed by atoms with Crippen molar-refractivity contribution in [1.29, 1.82) is 0 Å². The highest BCUT2D eigenvalue weighted by Gasteiger charge is 2.19. The van der Waals surface area contributed by atoms with Crippen LogP contribution in [0.2, 0.25) is 5.02 Å². The van der Waals surface area contributed by atoms with Gasteiger partial charge in [0.1, 0.15) is 5.82 Å². The van der Waals surface area contributed by atoms with Gasteiger partial charge in [-0.1, -0.05) is 24.6 Å². The average Bonchev–Trinajstić information content (AvgIpc) is 2.87. The van der Waals surface area contributed by atoms with E-state index in [1.807, 2.05) is 24.5 Å². The van der Waals surface area contributed by atoms with Gasteiger partial charge in [-0.05, 0) is 43.7 Å². The lowest BCUT2D eigenvalue weighted by molar-refractivity contribution is 0.557. The Kier molecular flexibility index (Phi) is 4.61. The number of nitrogens with zero attached hydrogens (tertiary/aromatic N) is 2. The zero-order valence-electron chi connectivity index (χ0n) is 11.7. The number of imidazole rings is 1. The normalized spacial score (nSPS) is 12.6. The van der Waals surface area contributed by atoms with E-state index in [1.54, 1.807) is 0 Å². The fourth-order valence-electron chi connectivity index (χ4n) is 2.32. The van der Waals surface area contributed by atoms with Crippen LogP contribution in [0, 0.1) is 6.92 Å². The molecule has 0 aliphatic heterocycles. The largest absolute Gasteiger partial charge is 0.334 e. The van der Waals surface area contributed by atoms with Gasteiger partial charge in [0, 0.05) is 24.0 Å². The van der Waals surface area contributed by atoms with Crippen molar-refractivity contribution in [3.8, 4) is 0 Å². The van der Waals surface area contributed by atoms with Crippen LogP contribution in [-0.2, 0) is 6.54 Å². The summed E-state index contributed by atoms with van der Waals surface area (Å²) in [5.74, 6) is 1.04. The molecule has 0 amide bonds. The van der Waals surface area contributed by atoms with Crippen molar-refractivity contribution in [2.75, 3.05) is 6.54 Å². The van der Waals surface area contributed by atoms with Gasteiger partial charge in [0.15, 0.2) is 0 Å². The van der Waals surface area contributed by atoms with Crippen LogP contribution < -0.4 is 5.32 Å². The molecule has 2 aromatic rings. The van der Waals surface area contributed by atoms with E-state index in [4.69, 9.17) is 11.6 Å². The van der Waals surface area contributed by atoms with E-state index in [9.17, 15) is 0 Å². The van der Waals surface area contributed by atoms with E-state index in [2.05, 4.69) is 41.7 Å². The van der Waals surface area contributed by atoms with E-state index < -0.39 is 0 Å². The van der Waals surface area contributed by atoms with Crippen molar-refractivity contribution < 1.29 is 0 Å². The highest BCUT2D eigenvalue weighted by molar-refractivity contribution is 6.30. The van der Waals surface area contributed by atoms with E-state index in [-0.39, 0.29) is 6.04 Å². The lowest BCUT2D eigenvalue weighted by atomic mass is 10.0. The second-order valence-corrected chi connectivity index (χ2v) is 5.00. The minimum atomic E-state index is 0.0821. The molecule has 19 heavy (non-hydrogen) atoms. The highest BCUT2D eigenvalue weighted by Crippen LogP contribution is 2.26. The number of hydrogen-bond donors (Lipinski definition) is 1. The van der Waals surface area contributed by atoms with Crippen LogP contribution in [0.3, 0.4) is 0 Å². The quantitative estimate of drug-likeness (QED) is 0.906. The maximum absolute atomic E-state index is 6.14. The second-order valence-electron chi connectivity index (χ2n) is 4.56. The predicted octanol–water partition coefficient (Wildman–Crippen LogP) is 3.56. The monoisotopic (exact) mass is 277 g/mol. The summed E-state index contributed by atoms with van der Waals surface area (Å²) in [6, 6.07) is 6.09. The molecule has 0 aliphatic carbocycles. The molecule has 1 atom stereocenters. The molecule has 0 bridgehead atoms. The van der Waals surface area contributed by atoms with Crippen molar-refractivity contribution in [3.05, 3.63) is 52.6 Å². The van der Waals surface area contributed by atoms with Gasteiger partial charge in [-0.25, -0.2) is 4.98 Å². The Hall–Kier alpha value is -1.32. The summed E-state index contributed by atoms with van der Waals surface area (Å²) in [6.45, 7) is 8.13. The van der Waals surface area contributed by atoms with Crippen LogP contribution in [0.4, 0.5) is 0 Å². The van der Waals surface area contributed by atoms with Crippen molar-refractivity contribution in [2.24, 2.45) is 0 Å². The molecule has 3 nitrogen and oxygen atoms in total. The number of hydrogen-bond acceptors (Lipinski definition) is 2. The number of rotatable bonds is 5. The molecule has 0 radical (unpaired) electrons. The van der Waals surface area contributed by atoms with Crippen molar-refractivity contribution in [1.82, 2.24) is 14.9 Å². The van der Waals surface area contributed by atoms with E-state index >= 15 is 0 Å². The number of nitrogens with one attached hydrogen (secondary N) is 1. The number of benzene rings is 1. The Labute approximate surface area is 119 Å². The minimum Gasteiger partial charge on any atom is -0.334 e. The van der Waals surface area contributed by atoms with Gasteiger partial charge in [0.25, 0.3) is 0 Å². The molecule has 1 N–H and O–H groups in total. The molecule has 1 heterocycles. The Bertz CT molecular complexity index is 548. The fraction of sp³-hybridized carbons (Fsp3) is 0.400. The van der Waals surface area contributed by atoms with Crippen molar-refractivity contribution >= 4 is 11.6 Å². The van der Waals surface area contributed by atoms with E-state index in [0.717, 1.165) is 23.9 Å². The van der Waals surface area contributed by atoms with Gasteiger partial charge >= 0.3 is 0 Å². The molecule has 1 aromatic heterocycles.